The van der Waals surface area contributed by atoms with Crippen LogP contribution in [0.4, 0.5) is 0 Å². The van der Waals surface area contributed by atoms with Gasteiger partial charge in [0, 0.05) is 19.1 Å². The highest BCUT2D eigenvalue weighted by Crippen LogP contribution is 2.09. The summed E-state index contributed by atoms with van der Waals surface area (Å²) in [6.45, 7) is 4.27. The number of amides is 1. The molecule has 1 unspecified atom stereocenters. The molecule has 0 radical (unpaired) electrons. The van der Waals surface area contributed by atoms with Crippen LogP contribution in [-0.2, 0) is 11.2 Å². The van der Waals surface area contributed by atoms with Gasteiger partial charge in [0.05, 0.1) is 0 Å². The van der Waals surface area contributed by atoms with Crippen molar-refractivity contribution in [2.24, 2.45) is 0 Å². The molecule has 0 aromatic heterocycles. The molecule has 3 nitrogen and oxygen atoms in total. The lowest BCUT2D eigenvalue weighted by molar-refractivity contribution is -0.121. The molecule has 100 valence electrons. The molecule has 1 aromatic rings. The zero-order valence-corrected chi connectivity index (χ0v) is 11.3. The van der Waals surface area contributed by atoms with Crippen LogP contribution in [0.5, 0.6) is 0 Å². The van der Waals surface area contributed by atoms with Gasteiger partial charge in [0.2, 0.25) is 5.91 Å². The minimum atomic E-state index is 0.0736. The van der Waals surface area contributed by atoms with Crippen LogP contribution in [-0.4, -0.2) is 23.7 Å². The number of unbranched alkanes of at least 4 members (excludes halogenated alkanes) is 1. The molecule has 3 heteroatoms. The third-order valence-electron chi connectivity index (χ3n) is 3.01. The van der Waals surface area contributed by atoms with E-state index in [1.165, 1.54) is 11.1 Å². The second-order valence-corrected chi connectivity index (χ2v) is 4.78. The molecule has 1 amide bonds. The second kappa shape index (κ2) is 7.88. The molecule has 0 spiro atoms. The van der Waals surface area contributed by atoms with E-state index in [2.05, 4.69) is 24.4 Å². The number of carbonyl (C=O) groups is 1. The first-order valence-electron chi connectivity index (χ1n) is 6.58. The molecule has 2 N–H and O–H groups in total. The van der Waals surface area contributed by atoms with Crippen LogP contribution < -0.4 is 5.32 Å². The predicted octanol–water partition coefficient (Wildman–Crippen LogP) is 2.20. The van der Waals surface area contributed by atoms with Crippen molar-refractivity contribution in [3.63, 3.8) is 0 Å². The first-order chi connectivity index (χ1) is 8.63. The first kappa shape index (κ1) is 14.7. The third-order valence-corrected chi connectivity index (χ3v) is 3.01. The van der Waals surface area contributed by atoms with E-state index in [1.54, 1.807) is 0 Å². The van der Waals surface area contributed by atoms with Gasteiger partial charge in [-0.2, -0.15) is 0 Å². The van der Waals surface area contributed by atoms with Gasteiger partial charge in [-0.15, -0.1) is 0 Å². The molecule has 18 heavy (non-hydrogen) atoms. The summed E-state index contributed by atoms with van der Waals surface area (Å²) in [4.78, 5) is 11.6. The average molecular weight is 249 g/mol. The Morgan fingerprint density at radius 3 is 2.72 bits per heavy atom. The average Bonchev–Trinajstić information content (AvgIpc) is 2.32. The van der Waals surface area contributed by atoms with Gasteiger partial charge in [0.15, 0.2) is 0 Å². The van der Waals surface area contributed by atoms with Gasteiger partial charge in [0.25, 0.3) is 0 Å². The number of rotatable bonds is 7. The van der Waals surface area contributed by atoms with E-state index in [1.807, 2.05) is 19.1 Å². The topological polar surface area (TPSA) is 49.3 Å². The van der Waals surface area contributed by atoms with Crippen LogP contribution in [0.2, 0.25) is 0 Å². The summed E-state index contributed by atoms with van der Waals surface area (Å²) in [6, 6.07) is 8.39. The summed E-state index contributed by atoms with van der Waals surface area (Å²) >= 11 is 0. The molecule has 0 fully saturated rings. The fraction of sp³-hybridized carbons (Fsp3) is 0.533. The van der Waals surface area contributed by atoms with Gasteiger partial charge >= 0.3 is 0 Å². The molecule has 0 heterocycles. The number of aliphatic hydroxyl groups is 1. The van der Waals surface area contributed by atoms with Crippen molar-refractivity contribution in [2.45, 2.75) is 45.6 Å². The van der Waals surface area contributed by atoms with E-state index < -0.39 is 0 Å². The Labute approximate surface area is 109 Å². The van der Waals surface area contributed by atoms with Gasteiger partial charge in [-0.25, -0.2) is 0 Å². The van der Waals surface area contributed by atoms with Crippen LogP contribution in [0.3, 0.4) is 0 Å². The monoisotopic (exact) mass is 249 g/mol. The lowest BCUT2D eigenvalue weighted by atomic mass is 10.0. The highest BCUT2D eigenvalue weighted by Gasteiger charge is 2.08. The summed E-state index contributed by atoms with van der Waals surface area (Å²) in [5.41, 5.74) is 2.54. The normalized spacial score (nSPS) is 12.2. The molecule has 0 saturated heterocycles. The van der Waals surface area contributed by atoms with Crippen LogP contribution in [0, 0.1) is 6.92 Å². The zero-order valence-electron chi connectivity index (χ0n) is 11.3. The fourth-order valence-corrected chi connectivity index (χ4v) is 1.96. The van der Waals surface area contributed by atoms with Crippen molar-refractivity contribution in [2.75, 3.05) is 6.61 Å². The first-order valence-corrected chi connectivity index (χ1v) is 6.58. The number of carbonyl (C=O) groups excluding carboxylic acids is 1. The maximum absolute atomic E-state index is 11.6. The Bertz CT molecular complexity index is 377. The predicted molar refractivity (Wildman–Crippen MR) is 73.4 cm³/mol. The Morgan fingerprint density at radius 1 is 1.33 bits per heavy atom. The summed E-state index contributed by atoms with van der Waals surface area (Å²) < 4.78 is 0. The number of aliphatic hydroxyl groups excluding tert-OH is 1. The summed E-state index contributed by atoms with van der Waals surface area (Å²) in [7, 11) is 0. The summed E-state index contributed by atoms with van der Waals surface area (Å²) in [5.74, 6) is 0.0736. The minimum absolute atomic E-state index is 0.0736. The summed E-state index contributed by atoms with van der Waals surface area (Å²) in [5, 5.41) is 11.6. The van der Waals surface area contributed by atoms with Crippen LogP contribution in [0.15, 0.2) is 24.3 Å². The molecular formula is C15H23NO2. The quantitative estimate of drug-likeness (QED) is 0.728. The van der Waals surface area contributed by atoms with Crippen molar-refractivity contribution in [3.8, 4) is 0 Å². The maximum Gasteiger partial charge on any atom is 0.220 e. The molecule has 1 atom stereocenters. The van der Waals surface area contributed by atoms with E-state index in [-0.39, 0.29) is 18.6 Å². The van der Waals surface area contributed by atoms with E-state index >= 15 is 0 Å². The lowest BCUT2D eigenvalue weighted by Gasteiger charge is -2.15. The molecule has 0 aliphatic heterocycles. The van der Waals surface area contributed by atoms with Crippen molar-refractivity contribution >= 4 is 5.91 Å². The Morgan fingerprint density at radius 2 is 2.06 bits per heavy atom. The maximum atomic E-state index is 11.6. The summed E-state index contributed by atoms with van der Waals surface area (Å²) in [6.07, 6.45) is 2.80. The Kier molecular flexibility index (Phi) is 6.44. The van der Waals surface area contributed by atoms with Gasteiger partial charge in [-0.05, 0) is 44.2 Å². The third kappa shape index (κ3) is 5.32. The number of hydrogen-bond acceptors (Lipinski definition) is 2. The van der Waals surface area contributed by atoms with Crippen molar-refractivity contribution in [1.82, 2.24) is 5.32 Å². The molecule has 1 rings (SSSR count). The van der Waals surface area contributed by atoms with E-state index in [0.717, 1.165) is 12.8 Å². The van der Waals surface area contributed by atoms with Crippen LogP contribution >= 0.6 is 0 Å². The number of hydrogen-bond donors (Lipinski definition) is 2. The van der Waals surface area contributed by atoms with E-state index in [9.17, 15) is 4.79 Å². The van der Waals surface area contributed by atoms with Gasteiger partial charge < -0.3 is 10.4 Å². The second-order valence-electron chi connectivity index (χ2n) is 4.78. The van der Waals surface area contributed by atoms with Gasteiger partial charge in [-0.3, -0.25) is 4.79 Å². The van der Waals surface area contributed by atoms with Crippen molar-refractivity contribution in [1.29, 1.82) is 0 Å². The molecule has 0 aliphatic rings. The van der Waals surface area contributed by atoms with E-state index in [4.69, 9.17) is 5.11 Å². The van der Waals surface area contributed by atoms with E-state index in [0.29, 0.717) is 12.8 Å². The smallest absolute Gasteiger partial charge is 0.220 e. The van der Waals surface area contributed by atoms with Crippen LogP contribution in [0.1, 0.15) is 37.3 Å². The van der Waals surface area contributed by atoms with Gasteiger partial charge in [0.1, 0.15) is 0 Å². The fourth-order valence-electron chi connectivity index (χ4n) is 1.96. The molecule has 1 aromatic carbocycles. The standard InChI is InChI=1S/C15H23NO2/c1-12-7-3-4-8-14(12)11-13(2)16-15(18)9-5-6-10-17/h3-4,7-8,13,17H,5-6,9-11H2,1-2H3,(H,16,18). The number of benzene rings is 1. The molecular weight excluding hydrogens is 226 g/mol. The zero-order chi connectivity index (χ0) is 13.4. The van der Waals surface area contributed by atoms with Crippen molar-refractivity contribution in [3.05, 3.63) is 35.4 Å². The minimum Gasteiger partial charge on any atom is -0.396 e. The van der Waals surface area contributed by atoms with Crippen molar-refractivity contribution < 1.29 is 9.90 Å². The largest absolute Gasteiger partial charge is 0.396 e. The Balaban J connectivity index is 2.35. The highest BCUT2D eigenvalue weighted by molar-refractivity contribution is 5.76. The lowest BCUT2D eigenvalue weighted by Crippen LogP contribution is -2.34. The highest BCUT2D eigenvalue weighted by atomic mass is 16.2. The SMILES string of the molecule is Cc1ccccc1CC(C)NC(=O)CCCCO. The molecule has 0 bridgehead atoms. The van der Waals surface area contributed by atoms with Gasteiger partial charge in [-0.1, -0.05) is 24.3 Å². The number of nitrogens with one attached hydrogen (secondary N) is 1. The Hall–Kier alpha value is -1.35. The molecule has 0 saturated carbocycles. The molecule has 0 aliphatic carbocycles. The van der Waals surface area contributed by atoms with Crippen LogP contribution in [0.25, 0.3) is 0 Å². The number of aryl methyl sites for hydroxylation is 1.